The van der Waals surface area contributed by atoms with Gasteiger partial charge in [0.15, 0.2) is 0 Å². The number of halogens is 2. The molecule has 3 amide bonds. The molecule has 3 aromatic rings. The summed E-state index contributed by atoms with van der Waals surface area (Å²) in [6.07, 6.45) is 0.766. The van der Waals surface area contributed by atoms with Gasteiger partial charge in [0.1, 0.15) is 11.5 Å². The number of likely N-dealkylation sites (N-methyl/N-ethyl adjacent to an activating group) is 1. The molecule has 4 rings (SSSR count). The average Bonchev–Trinajstić information content (AvgIpc) is 3.05. The first-order valence-corrected chi connectivity index (χ1v) is 12.2. The Hall–Kier alpha value is -2.32. The number of carbonyl (C=O) groups is 2. The summed E-state index contributed by atoms with van der Waals surface area (Å²) < 4.78 is 0.900. The molecule has 9 heteroatoms. The van der Waals surface area contributed by atoms with Crippen LogP contribution in [0.5, 0.6) is 0 Å². The second-order valence-electron chi connectivity index (χ2n) is 10.3. The molecule has 190 valence electrons. The first-order valence-electron chi connectivity index (χ1n) is 11.0. The third-order valence-corrected chi connectivity index (χ3v) is 7.43. The number of urea groups is 1. The Morgan fingerprint density at radius 2 is 1.77 bits per heavy atom. The van der Waals surface area contributed by atoms with E-state index in [1.807, 2.05) is 24.3 Å². The SMILES string of the molecule is C.CC(C)(C)C[N+]1(C)CCc2c(sc(NC(=O)Nc3ccc(Cl)c4ccccc34)c2C(N)=O)C1.Cl. The van der Waals surface area contributed by atoms with E-state index in [2.05, 4.69) is 38.5 Å². The fraction of sp³-hybridized carbons (Fsp3) is 0.385. The van der Waals surface area contributed by atoms with E-state index < -0.39 is 11.9 Å². The molecule has 35 heavy (non-hydrogen) atoms. The lowest BCUT2D eigenvalue weighted by Gasteiger charge is -2.41. The maximum Gasteiger partial charge on any atom is 0.324 e. The van der Waals surface area contributed by atoms with E-state index in [1.165, 1.54) is 11.3 Å². The predicted molar refractivity (Wildman–Crippen MR) is 151 cm³/mol. The van der Waals surface area contributed by atoms with Gasteiger partial charge in [-0.2, -0.15) is 0 Å². The third kappa shape index (κ3) is 6.28. The topological polar surface area (TPSA) is 84.2 Å². The Labute approximate surface area is 222 Å². The number of hydrogen-bond acceptors (Lipinski definition) is 3. The molecule has 0 saturated carbocycles. The Morgan fingerprint density at radius 3 is 2.40 bits per heavy atom. The lowest BCUT2D eigenvalue weighted by molar-refractivity contribution is -0.929. The average molecular weight is 539 g/mol. The molecule has 1 atom stereocenters. The van der Waals surface area contributed by atoms with Crippen LogP contribution in [0.4, 0.5) is 15.5 Å². The number of amides is 3. The number of nitrogens with one attached hydrogen (secondary N) is 2. The summed E-state index contributed by atoms with van der Waals surface area (Å²) in [6.45, 7) is 9.52. The quantitative estimate of drug-likeness (QED) is 0.316. The summed E-state index contributed by atoms with van der Waals surface area (Å²) >= 11 is 7.75. The van der Waals surface area contributed by atoms with Gasteiger partial charge in [0, 0.05) is 27.6 Å². The van der Waals surface area contributed by atoms with Crippen molar-refractivity contribution in [1.82, 2.24) is 0 Å². The van der Waals surface area contributed by atoms with Crippen LogP contribution in [0.2, 0.25) is 5.02 Å². The van der Waals surface area contributed by atoms with E-state index in [-0.39, 0.29) is 25.2 Å². The van der Waals surface area contributed by atoms with Crippen LogP contribution in [0, 0.1) is 5.41 Å². The van der Waals surface area contributed by atoms with Crippen molar-refractivity contribution in [2.75, 3.05) is 30.8 Å². The Bertz CT molecular complexity index is 1250. The number of rotatable bonds is 4. The molecule has 0 bridgehead atoms. The molecule has 1 aromatic heterocycles. The molecule has 1 aliphatic heterocycles. The molecular weight excluding hydrogens is 503 g/mol. The summed E-state index contributed by atoms with van der Waals surface area (Å²) in [7, 11) is 2.25. The fourth-order valence-electron chi connectivity index (χ4n) is 4.97. The number of thiophene rings is 1. The number of nitrogens with zero attached hydrogens (tertiary/aromatic N) is 1. The molecule has 1 aliphatic rings. The number of carbonyl (C=O) groups excluding carboxylic acids is 2. The second kappa shape index (κ2) is 10.7. The van der Waals surface area contributed by atoms with E-state index in [0.717, 1.165) is 51.8 Å². The molecule has 0 spiro atoms. The van der Waals surface area contributed by atoms with Crippen LogP contribution >= 0.6 is 35.3 Å². The van der Waals surface area contributed by atoms with Crippen molar-refractivity contribution in [1.29, 1.82) is 0 Å². The van der Waals surface area contributed by atoms with E-state index in [1.54, 1.807) is 12.1 Å². The highest BCUT2D eigenvalue weighted by Gasteiger charge is 2.37. The molecule has 0 aliphatic carbocycles. The van der Waals surface area contributed by atoms with Crippen LogP contribution in [0.15, 0.2) is 36.4 Å². The van der Waals surface area contributed by atoms with Crippen LogP contribution in [0.25, 0.3) is 10.8 Å². The minimum atomic E-state index is -0.508. The van der Waals surface area contributed by atoms with Crippen molar-refractivity contribution in [2.24, 2.45) is 11.1 Å². The zero-order chi connectivity index (χ0) is 24.0. The third-order valence-electron chi connectivity index (χ3n) is 5.97. The van der Waals surface area contributed by atoms with Gasteiger partial charge in [0.05, 0.1) is 36.3 Å². The van der Waals surface area contributed by atoms with Gasteiger partial charge in [-0.3, -0.25) is 10.1 Å². The largest absolute Gasteiger partial charge is 0.365 e. The highest BCUT2D eigenvalue weighted by molar-refractivity contribution is 7.17. The lowest BCUT2D eigenvalue weighted by Crippen LogP contribution is -2.51. The number of quaternary nitrogens is 1. The Balaban J connectivity index is 0.00000216. The van der Waals surface area contributed by atoms with Crippen LogP contribution in [-0.2, 0) is 13.0 Å². The van der Waals surface area contributed by atoms with Crippen LogP contribution in [0.1, 0.15) is 49.0 Å². The molecule has 4 N–H and O–H groups in total. The summed E-state index contributed by atoms with van der Waals surface area (Å²) in [5.41, 5.74) is 8.00. The highest BCUT2D eigenvalue weighted by atomic mass is 35.5. The molecule has 6 nitrogen and oxygen atoms in total. The number of fused-ring (bicyclic) bond motifs is 2. The van der Waals surface area contributed by atoms with Crippen molar-refractivity contribution >= 4 is 68.7 Å². The van der Waals surface area contributed by atoms with Gasteiger partial charge in [-0.15, -0.1) is 23.7 Å². The maximum absolute atomic E-state index is 12.9. The van der Waals surface area contributed by atoms with Crippen molar-refractivity contribution in [3.05, 3.63) is 57.4 Å². The van der Waals surface area contributed by atoms with Crippen molar-refractivity contribution < 1.29 is 14.1 Å². The van der Waals surface area contributed by atoms with Gasteiger partial charge in [-0.05, 0) is 17.7 Å². The highest BCUT2D eigenvalue weighted by Crippen LogP contribution is 2.40. The summed E-state index contributed by atoms with van der Waals surface area (Å²) in [5, 5.41) is 8.61. The zero-order valence-electron chi connectivity index (χ0n) is 19.8. The van der Waals surface area contributed by atoms with Crippen molar-refractivity contribution in [3.8, 4) is 0 Å². The number of nitrogens with two attached hydrogens (primary N) is 1. The first-order chi connectivity index (χ1) is 15.5. The predicted octanol–water partition coefficient (Wildman–Crippen LogP) is 6.90. The van der Waals surface area contributed by atoms with Gasteiger partial charge in [-0.25, -0.2) is 4.79 Å². The standard InChI is InChI=1S/C25H29ClN4O2S.CH4.ClH/c1-25(2,3)14-30(4)12-11-17-20(13-30)33-23(21(17)22(27)31)29-24(32)28-19-10-9-18(26)15-7-5-6-8-16(15)19;;/h5-10H,11-14H2,1-4H3,(H3-,27,28,29,31,32);1H4;1H/p+1. The first kappa shape index (κ1) is 28.9. The zero-order valence-corrected chi connectivity index (χ0v) is 22.2. The molecule has 1 unspecified atom stereocenters. The molecule has 2 aromatic carbocycles. The van der Waals surface area contributed by atoms with Crippen LogP contribution in [0.3, 0.4) is 0 Å². The van der Waals surface area contributed by atoms with Gasteiger partial charge in [0.2, 0.25) is 0 Å². The Morgan fingerprint density at radius 1 is 1.11 bits per heavy atom. The van der Waals surface area contributed by atoms with Crippen molar-refractivity contribution in [2.45, 2.75) is 41.2 Å². The smallest absolute Gasteiger partial charge is 0.324 e. The van der Waals surface area contributed by atoms with Gasteiger partial charge >= 0.3 is 6.03 Å². The summed E-state index contributed by atoms with van der Waals surface area (Å²) in [6, 6.07) is 10.7. The molecule has 0 fully saturated rings. The fourth-order valence-corrected chi connectivity index (χ4v) is 6.62. The second-order valence-corrected chi connectivity index (χ2v) is 11.8. The molecule has 0 saturated heterocycles. The number of benzene rings is 2. The van der Waals surface area contributed by atoms with E-state index in [9.17, 15) is 9.59 Å². The minimum Gasteiger partial charge on any atom is -0.365 e. The number of anilines is 2. The summed E-state index contributed by atoms with van der Waals surface area (Å²) in [4.78, 5) is 26.4. The number of primary amides is 1. The molecule has 2 heterocycles. The van der Waals surface area contributed by atoms with E-state index in [4.69, 9.17) is 17.3 Å². The van der Waals surface area contributed by atoms with E-state index in [0.29, 0.717) is 21.3 Å². The van der Waals surface area contributed by atoms with Crippen LogP contribution in [-0.4, -0.2) is 36.6 Å². The van der Waals surface area contributed by atoms with Gasteiger partial charge in [0.25, 0.3) is 5.91 Å². The summed E-state index contributed by atoms with van der Waals surface area (Å²) in [5.74, 6) is -0.508. The van der Waals surface area contributed by atoms with Crippen LogP contribution < -0.4 is 16.4 Å². The minimum absolute atomic E-state index is 0. The number of hydrogen-bond donors (Lipinski definition) is 3. The van der Waals surface area contributed by atoms with Crippen molar-refractivity contribution in [3.63, 3.8) is 0 Å². The normalized spacial score (nSPS) is 17.1. The lowest BCUT2D eigenvalue weighted by atomic mass is 9.92. The Kier molecular flexibility index (Phi) is 8.88. The molecule has 0 radical (unpaired) electrons. The maximum atomic E-state index is 12.9. The molecular formula is C26H35Cl2N4O2S+. The van der Waals surface area contributed by atoms with Gasteiger partial charge in [-0.1, -0.05) is 64.1 Å². The monoisotopic (exact) mass is 537 g/mol. The van der Waals surface area contributed by atoms with Gasteiger partial charge < -0.3 is 15.5 Å². The van der Waals surface area contributed by atoms with E-state index >= 15 is 0 Å².